The van der Waals surface area contributed by atoms with E-state index in [2.05, 4.69) is 0 Å². The first kappa shape index (κ1) is 19.1. The van der Waals surface area contributed by atoms with Gasteiger partial charge in [-0.15, -0.1) is 0 Å². The first-order chi connectivity index (χ1) is 14.0. The van der Waals surface area contributed by atoms with Gasteiger partial charge in [0.2, 0.25) is 0 Å². The zero-order valence-corrected chi connectivity index (χ0v) is 15.8. The Bertz CT molecular complexity index is 870. The largest absolute Gasteiger partial charge is 0.426 e. The first-order valence-electron chi connectivity index (χ1n) is 9.69. The van der Waals surface area contributed by atoms with Gasteiger partial charge in [0.05, 0.1) is 0 Å². The summed E-state index contributed by atoms with van der Waals surface area (Å²) in [5.74, 6) is -0.518. The summed E-state index contributed by atoms with van der Waals surface area (Å²) in [7, 11) is 0. The fraction of sp³-hybridized carbons (Fsp3) is 0.304. The van der Waals surface area contributed by atoms with Crippen molar-refractivity contribution in [3.05, 3.63) is 59.7 Å². The summed E-state index contributed by atoms with van der Waals surface area (Å²) in [6.07, 6.45) is 3.16. The molecule has 0 amide bonds. The van der Waals surface area contributed by atoms with E-state index >= 15 is 0 Å². The minimum atomic E-state index is -0.753. The van der Waals surface area contributed by atoms with Crippen LogP contribution in [0.4, 0.5) is 0 Å². The Hall–Kier alpha value is -3.28. The molecule has 0 aliphatic heterocycles. The van der Waals surface area contributed by atoms with Crippen LogP contribution in [0.25, 0.3) is 0 Å². The van der Waals surface area contributed by atoms with Gasteiger partial charge in [0.25, 0.3) is 0 Å². The average molecular weight is 392 g/mol. The molecule has 0 heterocycles. The summed E-state index contributed by atoms with van der Waals surface area (Å²) < 4.78 is 10.2. The topological polar surface area (TPSA) is 86.7 Å². The number of benzene rings is 2. The highest BCUT2D eigenvalue weighted by molar-refractivity contribution is 6.00. The van der Waals surface area contributed by atoms with Crippen molar-refractivity contribution in [3.63, 3.8) is 0 Å². The number of esters is 2. The Labute approximate surface area is 167 Å². The van der Waals surface area contributed by atoms with Crippen molar-refractivity contribution < 1.29 is 28.7 Å². The molecule has 29 heavy (non-hydrogen) atoms. The first-order valence-corrected chi connectivity index (χ1v) is 9.69. The summed E-state index contributed by atoms with van der Waals surface area (Å²) in [4.78, 5) is 47.8. The Morgan fingerprint density at radius 1 is 0.621 bits per heavy atom. The zero-order chi connectivity index (χ0) is 20.4. The number of ether oxygens (including phenoxy) is 2. The summed E-state index contributed by atoms with van der Waals surface area (Å²) >= 11 is 0. The lowest BCUT2D eigenvalue weighted by Crippen LogP contribution is -2.18. The molecule has 0 spiro atoms. The van der Waals surface area contributed by atoms with Gasteiger partial charge in [-0.2, -0.15) is 0 Å². The summed E-state index contributed by atoms with van der Waals surface area (Å²) in [5.41, 5.74) is 1.19. The Kier molecular flexibility index (Phi) is 5.25. The van der Waals surface area contributed by atoms with E-state index in [1.807, 2.05) is 0 Å². The van der Waals surface area contributed by atoms with Crippen molar-refractivity contribution in [2.45, 2.75) is 32.1 Å². The number of hydrogen-bond acceptors (Lipinski definition) is 6. The molecule has 0 atom stereocenters. The maximum atomic E-state index is 12.0. The van der Waals surface area contributed by atoms with Crippen molar-refractivity contribution in [1.82, 2.24) is 0 Å². The van der Waals surface area contributed by atoms with Crippen LogP contribution in [0.1, 0.15) is 52.8 Å². The lowest BCUT2D eigenvalue weighted by molar-refractivity contribution is -0.144. The molecule has 0 bridgehead atoms. The molecular formula is C23H20O6. The van der Waals surface area contributed by atoms with E-state index in [1.165, 1.54) is 24.3 Å². The molecule has 4 rings (SSSR count). The van der Waals surface area contributed by atoms with Gasteiger partial charge >= 0.3 is 11.9 Å². The lowest BCUT2D eigenvalue weighted by Gasteiger charge is -2.07. The minimum Gasteiger partial charge on any atom is -0.426 e. The normalized spacial score (nSPS) is 15.4. The third-order valence-corrected chi connectivity index (χ3v) is 4.93. The zero-order valence-electron chi connectivity index (χ0n) is 15.8. The molecule has 2 aromatic rings. The molecule has 6 nitrogen and oxygen atoms in total. The third kappa shape index (κ3) is 4.96. The van der Waals surface area contributed by atoms with E-state index in [-0.39, 0.29) is 34.9 Å². The third-order valence-electron chi connectivity index (χ3n) is 4.93. The van der Waals surface area contributed by atoms with Crippen molar-refractivity contribution in [2.24, 2.45) is 11.8 Å². The molecule has 2 fully saturated rings. The minimum absolute atomic E-state index is 0.108. The fourth-order valence-corrected chi connectivity index (χ4v) is 2.99. The fourth-order valence-electron chi connectivity index (χ4n) is 2.99. The van der Waals surface area contributed by atoms with E-state index in [9.17, 15) is 19.2 Å². The Morgan fingerprint density at radius 2 is 0.966 bits per heavy atom. The van der Waals surface area contributed by atoms with Gasteiger partial charge < -0.3 is 9.47 Å². The smallest absolute Gasteiger partial charge is 0.322 e. The van der Waals surface area contributed by atoms with Gasteiger partial charge in [-0.1, -0.05) is 0 Å². The second-order valence-corrected chi connectivity index (χ2v) is 7.45. The number of Topliss-reactive ketones (excluding diaryl/α,β-unsaturated/α-hetero) is 2. The highest BCUT2D eigenvalue weighted by Gasteiger charge is 2.31. The molecule has 0 radical (unpaired) electrons. The van der Waals surface area contributed by atoms with Crippen LogP contribution in [0.3, 0.4) is 0 Å². The summed E-state index contributed by atoms with van der Waals surface area (Å²) in [5, 5.41) is 0. The van der Waals surface area contributed by atoms with Crippen molar-refractivity contribution >= 4 is 23.5 Å². The molecule has 0 saturated heterocycles. The number of hydrogen-bond donors (Lipinski definition) is 0. The second-order valence-electron chi connectivity index (χ2n) is 7.45. The van der Waals surface area contributed by atoms with Gasteiger partial charge in [0.1, 0.15) is 17.9 Å². The number of ketones is 2. The van der Waals surface area contributed by atoms with E-state index in [1.54, 1.807) is 24.3 Å². The SMILES string of the molecule is O=C(CC(=O)Oc1ccc(C(=O)C2CC2)cc1)Oc1ccc(C(=O)C2CC2)cc1. The summed E-state index contributed by atoms with van der Waals surface area (Å²) in [6, 6.07) is 12.6. The molecule has 2 aliphatic rings. The monoisotopic (exact) mass is 392 g/mol. The second kappa shape index (κ2) is 7.99. The maximum absolute atomic E-state index is 12.0. The van der Waals surface area contributed by atoms with Gasteiger partial charge in [-0.25, -0.2) is 0 Å². The molecule has 0 aromatic heterocycles. The van der Waals surface area contributed by atoms with Crippen molar-refractivity contribution in [1.29, 1.82) is 0 Å². The molecule has 0 N–H and O–H groups in total. The van der Waals surface area contributed by atoms with Crippen LogP contribution >= 0.6 is 0 Å². The van der Waals surface area contributed by atoms with Crippen LogP contribution < -0.4 is 9.47 Å². The van der Waals surface area contributed by atoms with E-state index < -0.39 is 18.4 Å². The molecule has 6 heteroatoms. The number of carbonyl (C=O) groups is 4. The van der Waals surface area contributed by atoms with Crippen LogP contribution in [-0.4, -0.2) is 23.5 Å². The molecule has 2 aliphatic carbocycles. The Balaban J connectivity index is 1.26. The quantitative estimate of drug-likeness (QED) is 0.294. The molecule has 2 aromatic carbocycles. The van der Waals surface area contributed by atoms with E-state index in [4.69, 9.17) is 9.47 Å². The predicted octanol–water partition coefficient (Wildman–Crippen LogP) is 3.77. The number of rotatable bonds is 8. The average Bonchev–Trinajstić information content (AvgIpc) is 3.61. The molecule has 148 valence electrons. The van der Waals surface area contributed by atoms with E-state index in [0.717, 1.165) is 25.7 Å². The van der Waals surface area contributed by atoms with E-state index in [0.29, 0.717) is 11.1 Å². The number of carbonyl (C=O) groups excluding carboxylic acids is 4. The van der Waals surface area contributed by atoms with Gasteiger partial charge in [0, 0.05) is 23.0 Å². The van der Waals surface area contributed by atoms with Crippen LogP contribution in [0.5, 0.6) is 11.5 Å². The molecular weight excluding hydrogens is 372 g/mol. The van der Waals surface area contributed by atoms with Crippen LogP contribution in [0.2, 0.25) is 0 Å². The summed E-state index contributed by atoms with van der Waals surface area (Å²) in [6.45, 7) is 0. The van der Waals surface area contributed by atoms with Gasteiger partial charge in [-0.3, -0.25) is 19.2 Å². The Morgan fingerprint density at radius 3 is 1.28 bits per heavy atom. The van der Waals surface area contributed by atoms with Gasteiger partial charge in [0.15, 0.2) is 11.6 Å². The molecule has 2 saturated carbocycles. The predicted molar refractivity (Wildman–Crippen MR) is 103 cm³/mol. The van der Waals surface area contributed by atoms with Crippen LogP contribution in [0.15, 0.2) is 48.5 Å². The highest BCUT2D eigenvalue weighted by Crippen LogP contribution is 2.33. The van der Waals surface area contributed by atoms with Crippen molar-refractivity contribution in [2.75, 3.05) is 0 Å². The lowest BCUT2D eigenvalue weighted by atomic mass is 10.1. The highest BCUT2D eigenvalue weighted by atomic mass is 16.6. The van der Waals surface area contributed by atoms with Crippen LogP contribution in [0, 0.1) is 11.8 Å². The van der Waals surface area contributed by atoms with Crippen molar-refractivity contribution in [3.8, 4) is 11.5 Å². The maximum Gasteiger partial charge on any atom is 0.322 e. The standard InChI is InChI=1S/C23H20O6/c24-20(28-18-9-5-16(6-10-18)22(26)14-1-2-14)13-21(25)29-19-11-7-17(8-12-19)23(27)15-3-4-15/h5-12,14-15H,1-4,13H2. The molecule has 0 unspecified atom stereocenters. The van der Waals surface area contributed by atoms with Gasteiger partial charge in [-0.05, 0) is 74.2 Å². The van der Waals surface area contributed by atoms with Crippen LogP contribution in [-0.2, 0) is 9.59 Å².